The molecule has 1 aromatic heterocycles. The van der Waals surface area contributed by atoms with Crippen molar-refractivity contribution in [2.75, 3.05) is 5.32 Å². The number of fused-ring (bicyclic) bond motifs is 2. The van der Waals surface area contributed by atoms with Crippen molar-refractivity contribution in [2.45, 2.75) is 44.4 Å². The topological polar surface area (TPSA) is 77.3 Å². The van der Waals surface area contributed by atoms with Crippen LogP contribution >= 0.6 is 0 Å². The number of nitrogens with one attached hydrogen (secondary N) is 1. The number of aromatic nitrogens is 1. The monoisotopic (exact) mass is 249 g/mol. The molecule has 0 saturated carbocycles. The van der Waals surface area contributed by atoms with Gasteiger partial charge in [0.2, 0.25) is 0 Å². The normalized spacial score (nSPS) is 29.5. The average Bonchev–Trinajstić information content (AvgIpc) is 2.93. The van der Waals surface area contributed by atoms with Gasteiger partial charge in [-0.05, 0) is 31.7 Å². The summed E-state index contributed by atoms with van der Waals surface area (Å²) >= 11 is 0. The SMILES string of the molecule is Cc1cc([N+](=O)[O-])cnc1NC1CC2CCC1O2. The summed E-state index contributed by atoms with van der Waals surface area (Å²) in [5.41, 5.74) is 0.828. The van der Waals surface area contributed by atoms with E-state index in [1.165, 1.54) is 6.20 Å². The number of anilines is 1. The number of hydrogen-bond acceptors (Lipinski definition) is 5. The summed E-state index contributed by atoms with van der Waals surface area (Å²) in [6.45, 7) is 1.83. The zero-order chi connectivity index (χ0) is 12.7. The summed E-state index contributed by atoms with van der Waals surface area (Å²) < 4.78 is 5.76. The molecular formula is C12H15N3O3. The maximum Gasteiger partial charge on any atom is 0.287 e. The summed E-state index contributed by atoms with van der Waals surface area (Å²) in [6, 6.07) is 1.83. The molecule has 2 bridgehead atoms. The van der Waals surface area contributed by atoms with Gasteiger partial charge in [-0.1, -0.05) is 0 Å². The Morgan fingerprint density at radius 2 is 2.39 bits per heavy atom. The Bertz CT molecular complexity index is 491. The molecule has 2 saturated heterocycles. The number of nitro groups is 1. The van der Waals surface area contributed by atoms with Gasteiger partial charge in [0.15, 0.2) is 0 Å². The summed E-state index contributed by atoms with van der Waals surface area (Å²) in [4.78, 5) is 14.4. The highest BCUT2D eigenvalue weighted by molar-refractivity contribution is 5.49. The molecule has 0 spiro atoms. The van der Waals surface area contributed by atoms with E-state index in [4.69, 9.17) is 4.74 Å². The molecule has 0 amide bonds. The molecule has 6 nitrogen and oxygen atoms in total. The van der Waals surface area contributed by atoms with Gasteiger partial charge in [0.05, 0.1) is 23.2 Å². The van der Waals surface area contributed by atoms with Crippen LogP contribution in [0.3, 0.4) is 0 Å². The summed E-state index contributed by atoms with van der Waals surface area (Å²) in [5.74, 6) is 0.724. The predicted octanol–water partition coefficient (Wildman–Crippen LogP) is 2.03. The van der Waals surface area contributed by atoms with Gasteiger partial charge in [-0.2, -0.15) is 0 Å². The van der Waals surface area contributed by atoms with E-state index in [-0.39, 0.29) is 17.8 Å². The van der Waals surface area contributed by atoms with Crippen LogP contribution in [0.5, 0.6) is 0 Å². The molecule has 1 N–H and O–H groups in total. The first-order chi connectivity index (χ1) is 8.63. The van der Waals surface area contributed by atoms with Crippen molar-refractivity contribution in [2.24, 2.45) is 0 Å². The zero-order valence-electron chi connectivity index (χ0n) is 10.1. The molecule has 6 heteroatoms. The maximum atomic E-state index is 10.6. The number of pyridine rings is 1. The van der Waals surface area contributed by atoms with Crippen LogP contribution in [0.25, 0.3) is 0 Å². The number of hydrogen-bond donors (Lipinski definition) is 1. The molecule has 2 fully saturated rings. The van der Waals surface area contributed by atoms with Crippen molar-refractivity contribution >= 4 is 11.5 Å². The third kappa shape index (κ3) is 1.92. The van der Waals surface area contributed by atoms with Gasteiger partial charge in [0.25, 0.3) is 5.69 Å². The van der Waals surface area contributed by atoms with Crippen LogP contribution in [0.4, 0.5) is 11.5 Å². The minimum absolute atomic E-state index is 0.0299. The molecule has 3 rings (SSSR count). The van der Waals surface area contributed by atoms with E-state index < -0.39 is 4.92 Å². The van der Waals surface area contributed by atoms with Crippen molar-refractivity contribution in [1.29, 1.82) is 0 Å². The lowest BCUT2D eigenvalue weighted by Gasteiger charge is -2.21. The molecule has 3 unspecified atom stereocenters. The van der Waals surface area contributed by atoms with Crippen molar-refractivity contribution in [1.82, 2.24) is 4.98 Å². The highest BCUT2D eigenvalue weighted by Gasteiger charge is 2.40. The van der Waals surface area contributed by atoms with Crippen molar-refractivity contribution in [3.05, 3.63) is 27.9 Å². The van der Waals surface area contributed by atoms with Gasteiger partial charge in [-0.25, -0.2) is 4.98 Å². The van der Waals surface area contributed by atoms with E-state index >= 15 is 0 Å². The fourth-order valence-electron chi connectivity index (χ4n) is 2.78. The Kier molecular flexibility index (Phi) is 2.66. The van der Waals surface area contributed by atoms with Crippen LogP contribution < -0.4 is 5.32 Å². The van der Waals surface area contributed by atoms with Crippen LogP contribution in [0, 0.1) is 17.0 Å². The molecule has 0 radical (unpaired) electrons. The van der Waals surface area contributed by atoms with Crippen molar-refractivity contribution in [3.63, 3.8) is 0 Å². The van der Waals surface area contributed by atoms with Crippen LogP contribution in [0.15, 0.2) is 12.3 Å². The molecule has 0 aromatic carbocycles. The molecule has 3 heterocycles. The summed E-state index contributed by atoms with van der Waals surface area (Å²) in [7, 11) is 0. The standard InChI is InChI=1S/C12H15N3O3/c1-7-4-8(15(16)17)6-13-12(7)14-10-5-9-2-3-11(10)18-9/h4,6,9-11H,2-3,5H2,1H3,(H,13,14). The predicted molar refractivity (Wildman–Crippen MR) is 65.6 cm³/mol. The van der Waals surface area contributed by atoms with Crippen LogP contribution in [-0.2, 0) is 4.74 Å². The van der Waals surface area contributed by atoms with E-state index in [1.807, 2.05) is 6.92 Å². The van der Waals surface area contributed by atoms with Crippen molar-refractivity contribution in [3.8, 4) is 0 Å². The lowest BCUT2D eigenvalue weighted by molar-refractivity contribution is -0.385. The Hall–Kier alpha value is -1.69. The fraction of sp³-hybridized carbons (Fsp3) is 0.583. The summed E-state index contributed by atoms with van der Waals surface area (Å²) in [5, 5.41) is 14.0. The lowest BCUT2D eigenvalue weighted by atomic mass is 9.95. The maximum absolute atomic E-state index is 10.6. The number of rotatable bonds is 3. The van der Waals surface area contributed by atoms with Crippen LogP contribution in [0.1, 0.15) is 24.8 Å². The first-order valence-corrected chi connectivity index (χ1v) is 6.16. The second-order valence-corrected chi connectivity index (χ2v) is 4.98. The molecule has 2 aliphatic heterocycles. The second-order valence-electron chi connectivity index (χ2n) is 4.98. The van der Waals surface area contributed by atoms with E-state index in [0.29, 0.717) is 6.10 Å². The lowest BCUT2D eigenvalue weighted by Crippen LogP contribution is -2.31. The Morgan fingerprint density at radius 1 is 1.56 bits per heavy atom. The third-order valence-electron chi connectivity index (χ3n) is 3.70. The van der Waals surface area contributed by atoms with Gasteiger partial charge in [-0.15, -0.1) is 0 Å². The van der Waals surface area contributed by atoms with Gasteiger partial charge in [-0.3, -0.25) is 10.1 Å². The minimum atomic E-state index is -0.426. The molecule has 2 aliphatic rings. The van der Waals surface area contributed by atoms with Gasteiger partial charge >= 0.3 is 0 Å². The molecule has 96 valence electrons. The first-order valence-electron chi connectivity index (χ1n) is 6.16. The number of nitrogens with zero attached hydrogens (tertiary/aromatic N) is 2. The highest BCUT2D eigenvalue weighted by atomic mass is 16.6. The number of ether oxygens (including phenoxy) is 1. The Morgan fingerprint density at radius 3 is 2.94 bits per heavy atom. The Balaban J connectivity index is 1.75. The van der Waals surface area contributed by atoms with Gasteiger partial charge in [0.1, 0.15) is 12.0 Å². The zero-order valence-corrected chi connectivity index (χ0v) is 10.1. The highest BCUT2D eigenvalue weighted by Crippen LogP contribution is 2.36. The average molecular weight is 249 g/mol. The molecule has 1 aromatic rings. The van der Waals surface area contributed by atoms with Crippen LogP contribution in [-0.4, -0.2) is 28.2 Å². The quantitative estimate of drug-likeness (QED) is 0.655. The fourth-order valence-corrected chi connectivity index (χ4v) is 2.78. The van der Waals surface area contributed by atoms with Gasteiger partial charge in [0, 0.05) is 6.07 Å². The Labute approximate surface area is 105 Å². The molecule has 18 heavy (non-hydrogen) atoms. The first kappa shape index (κ1) is 11.4. The smallest absolute Gasteiger partial charge is 0.287 e. The van der Waals surface area contributed by atoms with E-state index in [9.17, 15) is 10.1 Å². The molecular weight excluding hydrogens is 234 g/mol. The summed E-state index contributed by atoms with van der Waals surface area (Å²) in [6.07, 6.45) is 5.19. The number of aryl methyl sites for hydroxylation is 1. The van der Waals surface area contributed by atoms with Crippen molar-refractivity contribution < 1.29 is 9.66 Å². The molecule has 3 atom stereocenters. The van der Waals surface area contributed by atoms with Crippen LogP contribution in [0.2, 0.25) is 0 Å². The third-order valence-corrected chi connectivity index (χ3v) is 3.70. The van der Waals surface area contributed by atoms with E-state index in [0.717, 1.165) is 30.6 Å². The second kappa shape index (κ2) is 4.20. The van der Waals surface area contributed by atoms with E-state index in [2.05, 4.69) is 10.3 Å². The minimum Gasteiger partial charge on any atom is -0.373 e. The van der Waals surface area contributed by atoms with E-state index in [1.54, 1.807) is 6.07 Å². The largest absolute Gasteiger partial charge is 0.373 e. The van der Waals surface area contributed by atoms with Gasteiger partial charge < -0.3 is 10.1 Å². The molecule has 0 aliphatic carbocycles.